The van der Waals surface area contributed by atoms with Crippen molar-refractivity contribution in [3.05, 3.63) is 29.8 Å². The summed E-state index contributed by atoms with van der Waals surface area (Å²) < 4.78 is 5.48. The Morgan fingerprint density at radius 3 is 2.86 bits per heavy atom. The van der Waals surface area contributed by atoms with E-state index in [-0.39, 0.29) is 18.8 Å². The Morgan fingerprint density at radius 1 is 1.48 bits per heavy atom. The molecule has 5 nitrogen and oxygen atoms in total. The van der Waals surface area contributed by atoms with E-state index in [1.54, 1.807) is 24.3 Å². The number of rotatable bonds is 9. The minimum Gasteiger partial charge on any atom is -0.491 e. The van der Waals surface area contributed by atoms with Gasteiger partial charge in [0.05, 0.1) is 11.6 Å². The Kier molecular flexibility index (Phi) is 7.17. The number of β-amino-alcohol motifs (C(OH)–C–C–N with tert-alkyl or cyclic N) is 1. The molecule has 5 heteroatoms. The van der Waals surface area contributed by atoms with Gasteiger partial charge >= 0.3 is 0 Å². The van der Waals surface area contributed by atoms with Crippen LogP contribution in [0.3, 0.4) is 0 Å². The van der Waals surface area contributed by atoms with E-state index in [1.807, 2.05) is 19.9 Å². The molecule has 0 aliphatic heterocycles. The van der Waals surface area contributed by atoms with E-state index in [9.17, 15) is 5.11 Å². The summed E-state index contributed by atoms with van der Waals surface area (Å²) >= 11 is 0. The zero-order valence-corrected chi connectivity index (χ0v) is 12.7. The SMILES string of the molecule is CCC(C)(CCO)NCC(O)COc1cccc(C#N)c1. The molecule has 3 N–H and O–H groups in total. The van der Waals surface area contributed by atoms with Gasteiger partial charge in [0, 0.05) is 18.7 Å². The molecule has 0 fully saturated rings. The summed E-state index contributed by atoms with van der Waals surface area (Å²) in [6.07, 6.45) is 0.854. The number of benzene rings is 1. The molecule has 2 unspecified atom stereocenters. The number of nitrogens with one attached hydrogen (secondary N) is 1. The second kappa shape index (κ2) is 8.63. The third kappa shape index (κ3) is 6.13. The molecule has 0 saturated carbocycles. The zero-order chi connectivity index (χ0) is 15.7. The fraction of sp³-hybridized carbons (Fsp3) is 0.562. The molecule has 21 heavy (non-hydrogen) atoms. The van der Waals surface area contributed by atoms with Crippen molar-refractivity contribution in [1.82, 2.24) is 5.32 Å². The van der Waals surface area contributed by atoms with Crippen LogP contribution >= 0.6 is 0 Å². The quantitative estimate of drug-likeness (QED) is 0.641. The highest BCUT2D eigenvalue weighted by Crippen LogP contribution is 2.14. The van der Waals surface area contributed by atoms with Crippen molar-refractivity contribution in [2.45, 2.75) is 38.3 Å². The molecule has 0 radical (unpaired) electrons. The highest BCUT2D eigenvalue weighted by Gasteiger charge is 2.21. The maximum Gasteiger partial charge on any atom is 0.120 e. The van der Waals surface area contributed by atoms with Crippen LogP contribution in [0.5, 0.6) is 5.75 Å². The normalized spacial score (nSPS) is 15.0. The van der Waals surface area contributed by atoms with Crippen molar-refractivity contribution in [3.8, 4) is 11.8 Å². The van der Waals surface area contributed by atoms with E-state index >= 15 is 0 Å². The van der Waals surface area contributed by atoms with Crippen molar-refractivity contribution in [3.63, 3.8) is 0 Å². The van der Waals surface area contributed by atoms with Crippen LogP contribution in [0.25, 0.3) is 0 Å². The average molecular weight is 292 g/mol. The Hall–Kier alpha value is -1.61. The van der Waals surface area contributed by atoms with E-state index in [2.05, 4.69) is 5.32 Å². The maximum atomic E-state index is 9.95. The predicted octanol–water partition coefficient (Wildman–Crippen LogP) is 1.44. The van der Waals surface area contributed by atoms with Gasteiger partial charge in [0.2, 0.25) is 0 Å². The standard InChI is InChI=1S/C16H24N2O3/c1-3-16(2,7-8-19)18-11-14(20)12-21-15-6-4-5-13(9-15)10-17/h4-6,9,14,18-20H,3,7-8,11-12H2,1-2H3. The molecule has 0 heterocycles. The van der Waals surface area contributed by atoms with Crippen molar-refractivity contribution >= 4 is 0 Å². The predicted molar refractivity (Wildman–Crippen MR) is 81.1 cm³/mol. The summed E-state index contributed by atoms with van der Waals surface area (Å²) in [5.74, 6) is 0.571. The van der Waals surface area contributed by atoms with Crippen LogP contribution in [-0.2, 0) is 0 Å². The molecule has 0 aliphatic rings. The lowest BCUT2D eigenvalue weighted by Gasteiger charge is -2.30. The van der Waals surface area contributed by atoms with Gasteiger partial charge in [0.1, 0.15) is 18.5 Å². The largest absolute Gasteiger partial charge is 0.491 e. The number of nitrogens with zero attached hydrogens (tertiary/aromatic N) is 1. The molecule has 1 aromatic carbocycles. The topological polar surface area (TPSA) is 85.5 Å². The lowest BCUT2D eigenvalue weighted by Crippen LogP contribution is -2.47. The maximum absolute atomic E-state index is 9.95. The molecule has 0 aromatic heterocycles. The van der Waals surface area contributed by atoms with Gasteiger partial charge in [-0.05, 0) is 38.0 Å². The van der Waals surface area contributed by atoms with Gasteiger partial charge in [-0.3, -0.25) is 0 Å². The molecular formula is C16H24N2O3. The molecule has 1 aromatic rings. The fourth-order valence-electron chi connectivity index (χ4n) is 1.91. The summed E-state index contributed by atoms with van der Waals surface area (Å²) in [7, 11) is 0. The first-order valence-corrected chi connectivity index (χ1v) is 7.20. The number of hydrogen-bond acceptors (Lipinski definition) is 5. The Labute approximate surface area is 126 Å². The molecule has 0 aliphatic carbocycles. The minimum atomic E-state index is -0.652. The third-order valence-corrected chi connectivity index (χ3v) is 3.61. The van der Waals surface area contributed by atoms with Gasteiger partial charge in [-0.15, -0.1) is 0 Å². The lowest BCUT2D eigenvalue weighted by molar-refractivity contribution is 0.0934. The van der Waals surface area contributed by atoms with Crippen molar-refractivity contribution < 1.29 is 14.9 Å². The van der Waals surface area contributed by atoms with Crippen LogP contribution in [0.2, 0.25) is 0 Å². The first kappa shape index (κ1) is 17.4. The van der Waals surface area contributed by atoms with Gasteiger partial charge in [0.25, 0.3) is 0 Å². The van der Waals surface area contributed by atoms with Crippen LogP contribution in [0.4, 0.5) is 0 Å². The van der Waals surface area contributed by atoms with E-state index in [0.29, 0.717) is 24.3 Å². The second-order valence-corrected chi connectivity index (χ2v) is 5.37. The molecule has 116 valence electrons. The number of aliphatic hydroxyl groups is 2. The summed E-state index contributed by atoms with van der Waals surface area (Å²) in [5, 5.41) is 31.1. The average Bonchev–Trinajstić information content (AvgIpc) is 2.51. The lowest BCUT2D eigenvalue weighted by atomic mass is 9.95. The van der Waals surface area contributed by atoms with Gasteiger partial charge < -0.3 is 20.3 Å². The van der Waals surface area contributed by atoms with E-state index in [1.165, 1.54) is 0 Å². The van der Waals surface area contributed by atoms with Crippen molar-refractivity contribution in [2.75, 3.05) is 19.8 Å². The highest BCUT2D eigenvalue weighted by atomic mass is 16.5. The Balaban J connectivity index is 2.40. The molecule has 1 rings (SSSR count). The van der Waals surface area contributed by atoms with Crippen LogP contribution in [0.1, 0.15) is 32.3 Å². The number of nitriles is 1. The van der Waals surface area contributed by atoms with Gasteiger partial charge in [-0.2, -0.15) is 5.26 Å². The van der Waals surface area contributed by atoms with E-state index in [4.69, 9.17) is 15.1 Å². The van der Waals surface area contributed by atoms with Crippen LogP contribution in [0, 0.1) is 11.3 Å². The monoisotopic (exact) mass is 292 g/mol. The van der Waals surface area contributed by atoms with E-state index < -0.39 is 6.10 Å². The highest BCUT2D eigenvalue weighted by molar-refractivity contribution is 5.36. The Bertz CT molecular complexity index is 473. The molecular weight excluding hydrogens is 268 g/mol. The van der Waals surface area contributed by atoms with Gasteiger partial charge in [0.15, 0.2) is 0 Å². The fourth-order valence-corrected chi connectivity index (χ4v) is 1.91. The van der Waals surface area contributed by atoms with Crippen molar-refractivity contribution in [1.29, 1.82) is 5.26 Å². The molecule has 0 spiro atoms. The second-order valence-electron chi connectivity index (χ2n) is 5.37. The smallest absolute Gasteiger partial charge is 0.120 e. The van der Waals surface area contributed by atoms with Crippen LogP contribution in [-0.4, -0.2) is 41.6 Å². The number of aliphatic hydroxyl groups excluding tert-OH is 2. The van der Waals surface area contributed by atoms with Gasteiger partial charge in [-0.25, -0.2) is 0 Å². The molecule has 0 saturated heterocycles. The van der Waals surface area contributed by atoms with E-state index in [0.717, 1.165) is 6.42 Å². The molecule has 2 atom stereocenters. The summed E-state index contributed by atoms with van der Waals surface area (Å²) in [4.78, 5) is 0. The van der Waals surface area contributed by atoms with Crippen LogP contribution in [0.15, 0.2) is 24.3 Å². The summed E-state index contributed by atoms with van der Waals surface area (Å²) in [6, 6.07) is 8.88. The van der Waals surface area contributed by atoms with Gasteiger partial charge in [-0.1, -0.05) is 13.0 Å². The number of hydrogen-bond donors (Lipinski definition) is 3. The summed E-state index contributed by atoms with van der Waals surface area (Å²) in [5.41, 5.74) is 0.345. The molecule has 0 bridgehead atoms. The summed E-state index contributed by atoms with van der Waals surface area (Å²) in [6.45, 7) is 4.72. The minimum absolute atomic E-state index is 0.116. The number of ether oxygens (including phenoxy) is 1. The third-order valence-electron chi connectivity index (χ3n) is 3.61. The Morgan fingerprint density at radius 2 is 2.24 bits per heavy atom. The first-order chi connectivity index (χ1) is 10.0. The zero-order valence-electron chi connectivity index (χ0n) is 12.7. The van der Waals surface area contributed by atoms with Crippen LogP contribution < -0.4 is 10.1 Å². The first-order valence-electron chi connectivity index (χ1n) is 7.20. The molecule has 0 amide bonds. The van der Waals surface area contributed by atoms with Crippen molar-refractivity contribution in [2.24, 2.45) is 0 Å².